The van der Waals surface area contributed by atoms with Crippen LogP contribution in [0.4, 0.5) is 16.2 Å². The van der Waals surface area contributed by atoms with Gasteiger partial charge >= 0.3 is 0 Å². The van der Waals surface area contributed by atoms with Gasteiger partial charge in [-0.05, 0) is 48.9 Å². The standard InChI is InChI=1S/C24H22FN7O2/c1-2-21(33)31-12-9-16(14-31)22-18-8-11-28-24(26)32(18)23(29-22)15-6-7-19(17(25)13-15)34-30-20-5-3-4-10-27-20/h2-8,10-11,13,16H,1,9,12,14H2,(H2,26,28)(H,27,30). The van der Waals surface area contributed by atoms with Gasteiger partial charge in [-0.15, -0.1) is 0 Å². The summed E-state index contributed by atoms with van der Waals surface area (Å²) in [6, 6.07) is 11.6. The topological polar surface area (TPSA) is 111 Å². The molecule has 0 bridgehead atoms. The number of aromatic nitrogens is 4. The lowest BCUT2D eigenvalue weighted by Crippen LogP contribution is -2.26. The molecule has 1 atom stereocenters. The van der Waals surface area contributed by atoms with E-state index >= 15 is 0 Å². The van der Waals surface area contributed by atoms with Crippen molar-refractivity contribution >= 4 is 23.2 Å². The number of anilines is 2. The molecule has 3 N–H and O–H groups in total. The second kappa shape index (κ2) is 8.81. The summed E-state index contributed by atoms with van der Waals surface area (Å²) in [7, 11) is 0. The van der Waals surface area contributed by atoms with Gasteiger partial charge in [-0.3, -0.25) is 9.20 Å². The maximum atomic E-state index is 14.9. The molecule has 172 valence electrons. The minimum absolute atomic E-state index is 0.0101. The Kier molecular flexibility index (Phi) is 5.54. The number of fused-ring (bicyclic) bond motifs is 1. The number of nitrogen functional groups attached to an aromatic ring is 1. The van der Waals surface area contributed by atoms with Gasteiger partial charge in [0.2, 0.25) is 11.9 Å². The van der Waals surface area contributed by atoms with E-state index in [1.165, 1.54) is 18.2 Å². The summed E-state index contributed by atoms with van der Waals surface area (Å²) in [6.45, 7) is 4.71. The first kappa shape index (κ1) is 21.4. The van der Waals surface area contributed by atoms with Gasteiger partial charge in [0.15, 0.2) is 17.4 Å². The van der Waals surface area contributed by atoms with Crippen molar-refractivity contribution in [2.24, 2.45) is 0 Å². The number of pyridine rings is 1. The van der Waals surface area contributed by atoms with Crippen LogP contribution in [0.1, 0.15) is 18.0 Å². The van der Waals surface area contributed by atoms with Crippen molar-refractivity contribution in [3.8, 4) is 17.1 Å². The Balaban J connectivity index is 1.47. The Morgan fingerprint density at radius 1 is 1.24 bits per heavy atom. The predicted molar refractivity (Wildman–Crippen MR) is 125 cm³/mol. The fraction of sp³-hybridized carbons (Fsp3) is 0.167. The van der Waals surface area contributed by atoms with Crippen LogP contribution in [0.25, 0.3) is 16.9 Å². The number of hydrogen-bond donors (Lipinski definition) is 2. The normalized spacial score (nSPS) is 15.4. The van der Waals surface area contributed by atoms with Crippen LogP contribution in [0.15, 0.2) is 67.5 Å². The van der Waals surface area contributed by atoms with Crippen molar-refractivity contribution in [1.82, 2.24) is 24.3 Å². The van der Waals surface area contributed by atoms with Gasteiger partial charge in [0.25, 0.3) is 0 Å². The average molecular weight is 459 g/mol. The molecule has 0 radical (unpaired) electrons. The minimum atomic E-state index is -0.578. The highest BCUT2D eigenvalue weighted by Gasteiger charge is 2.30. The number of rotatable bonds is 6. The molecular formula is C24H22FN7O2. The lowest BCUT2D eigenvalue weighted by molar-refractivity contribution is -0.125. The first-order valence-corrected chi connectivity index (χ1v) is 10.7. The molecule has 1 aliphatic heterocycles. The van der Waals surface area contributed by atoms with Crippen LogP contribution in [0.5, 0.6) is 5.75 Å². The molecule has 4 heterocycles. The number of nitrogens with zero attached hydrogens (tertiary/aromatic N) is 5. The first-order chi connectivity index (χ1) is 16.5. The van der Waals surface area contributed by atoms with Gasteiger partial charge in [0.1, 0.15) is 5.82 Å². The van der Waals surface area contributed by atoms with Crippen molar-refractivity contribution in [2.75, 3.05) is 24.3 Å². The van der Waals surface area contributed by atoms with Crippen molar-refractivity contribution < 1.29 is 14.0 Å². The summed E-state index contributed by atoms with van der Waals surface area (Å²) < 4.78 is 16.6. The van der Waals surface area contributed by atoms with Crippen molar-refractivity contribution in [1.29, 1.82) is 0 Å². The van der Waals surface area contributed by atoms with E-state index in [-0.39, 0.29) is 23.5 Å². The highest BCUT2D eigenvalue weighted by atomic mass is 19.1. The third-order valence-electron chi connectivity index (χ3n) is 5.79. The van der Waals surface area contributed by atoms with E-state index in [1.54, 1.807) is 46.0 Å². The second-order valence-electron chi connectivity index (χ2n) is 7.88. The highest BCUT2D eigenvalue weighted by molar-refractivity contribution is 5.87. The van der Waals surface area contributed by atoms with Crippen LogP contribution in [0.2, 0.25) is 0 Å². The van der Waals surface area contributed by atoms with Crippen LogP contribution >= 0.6 is 0 Å². The second-order valence-corrected chi connectivity index (χ2v) is 7.88. The molecule has 0 saturated carbocycles. The molecule has 1 aliphatic rings. The van der Waals surface area contributed by atoms with Crippen LogP contribution < -0.4 is 16.1 Å². The van der Waals surface area contributed by atoms with E-state index in [2.05, 4.69) is 22.0 Å². The van der Waals surface area contributed by atoms with E-state index in [1.807, 2.05) is 6.07 Å². The van der Waals surface area contributed by atoms with Gasteiger partial charge in [-0.2, -0.15) is 0 Å². The minimum Gasteiger partial charge on any atom is -0.378 e. The van der Waals surface area contributed by atoms with E-state index in [4.69, 9.17) is 15.6 Å². The van der Waals surface area contributed by atoms with Crippen LogP contribution in [0.3, 0.4) is 0 Å². The molecule has 5 rings (SSSR count). The highest BCUT2D eigenvalue weighted by Crippen LogP contribution is 2.34. The maximum Gasteiger partial charge on any atom is 0.245 e. The number of nitrogens with one attached hydrogen (secondary N) is 1. The van der Waals surface area contributed by atoms with E-state index in [0.29, 0.717) is 30.3 Å². The first-order valence-electron chi connectivity index (χ1n) is 10.7. The van der Waals surface area contributed by atoms with Crippen LogP contribution in [0, 0.1) is 5.82 Å². The molecule has 0 spiro atoms. The van der Waals surface area contributed by atoms with Crippen molar-refractivity contribution in [3.05, 3.63) is 79.0 Å². The number of benzene rings is 1. The fourth-order valence-corrected chi connectivity index (χ4v) is 4.14. The van der Waals surface area contributed by atoms with Gasteiger partial charge < -0.3 is 15.5 Å². The van der Waals surface area contributed by atoms with E-state index < -0.39 is 5.82 Å². The van der Waals surface area contributed by atoms with Crippen LogP contribution in [-0.4, -0.2) is 43.2 Å². The Morgan fingerprint density at radius 2 is 2.12 bits per heavy atom. The van der Waals surface area contributed by atoms with Crippen LogP contribution in [-0.2, 0) is 4.79 Å². The Morgan fingerprint density at radius 3 is 2.88 bits per heavy atom. The summed E-state index contributed by atoms with van der Waals surface area (Å²) in [5.74, 6) is 0.498. The Hall–Kier alpha value is -4.47. The number of amides is 1. The lowest BCUT2D eigenvalue weighted by atomic mass is 10.0. The van der Waals surface area contributed by atoms with Gasteiger partial charge in [0.05, 0.1) is 11.2 Å². The van der Waals surface area contributed by atoms with E-state index in [9.17, 15) is 9.18 Å². The molecule has 1 unspecified atom stereocenters. The summed E-state index contributed by atoms with van der Waals surface area (Å²) in [4.78, 5) is 32.2. The molecule has 34 heavy (non-hydrogen) atoms. The zero-order chi connectivity index (χ0) is 23.7. The third-order valence-corrected chi connectivity index (χ3v) is 5.79. The van der Waals surface area contributed by atoms with E-state index in [0.717, 1.165) is 17.6 Å². The van der Waals surface area contributed by atoms with Gasteiger partial charge in [-0.1, -0.05) is 12.6 Å². The molecule has 1 aromatic carbocycles. The van der Waals surface area contributed by atoms with Gasteiger partial charge in [-0.25, -0.2) is 24.8 Å². The zero-order valence-corrected chi connectivity index (χ0v) is 18.2. The van der Waals surface area contributed by atoms with Crippen molar-refractivity contribution in [3.63, 3.8) is 0 Å². The Labute approximate surface area is 194 Å². The summed E-state index contributed by atoms with van der Waals surface area (Å²) in [5, 5.41) is 0. The number of imidazole rings is 1. The molecule has 10 heteroatoms. The average Bonchev–Trinajstić information content (AvgIpc) is 3.49. The zero-order valence-electron chi connectivity index (χ0n) is 18.2. The number of carbonyl (C=O) groups excluding carboxylic acids is 1. The SMILES string of the molecule is C=CC(=O)N1CCC(c2nc(-c3ccc(ONc4ccccn4)c(F)c3)n3c(N)nccc23)C1. The third kappa shape index (κ3) is 3.90. The maximum absolute atomic E-state index is 14.9. The van der Waals surface area contributed by atoms with Gasteiger partial charge in [0, 0.05) is 37.0 Å². The molecule has 9 nitrogen and oxygen atoms in total. The Bertz CT molecular complexity index is 1370. The number of halogens is 1. The summed E-state index contributed by atoms with van der Waals surface area (Å²) in [6.07, 6.45) is 5.29. The quantitative estimate of drug-likeness (QED) is 0.336. The smallest absolute Gasteiger partial charge is 0.245 e. The fourth-order valence-electron chi connectivity index (χ4n) is 4.14. The molecule has 1 amide bonds. The number of likely N-dealkylation sites (tertiary alicyclic amines) is 1. The summed E-state index contributed by atoms with van der Waals surface area (Å²) >= 11 is 0. The number of nitrogens with two attached hydrogens (primary N) is 1. The molecule has 4 aromatic rings. The molecular weight excluding hydrogens is 437 g/mol. The largest absolute Gasteiger partial charge is 0.378 e. The number of carbonyl (C=O) groups is 1. The number of hydrogen-bond acceptors (Lipinski definition) is 7. The summed E-state index contributed by atoms with van der Waals surface area (Å²) in [5.41, 5.74) is 10.9. The molecule has 3 aromatic heterocycles. The molecule has 0 aliphatic carbocycles. The predicted octanol–water partition coefficient (Wildman–Crippen LogP) is 3.42. The monoisotopic (exact) mass is 459 g/mol. The molecule has 1 fully saturated rings. The molecule has 1 saturated heterocycles. The van der Waals surface area contributed by atoms with Crippen molar-refractivity contribution in [2.45, 2.75) is 12.3 Å². The lowest BCUT2D eigenvalue weighted by Gasteiger charge is -2.13.